The first kappa shape index (κ1) is 13.8. The number of nitriles is 1. The lowest BCUT2D eigenvalue weighted by Crippen LogP contribution is -2.61. The molecule has 2 fully saturated rings. The van der Waals surface area contributed by atoms with Gasteiger partial charge in [0, 0.05) is 39.0 Å². The highest BCUT2D eigenvalue weighted by Crippen LogP contribution is 2.28. The molecular weight excluding hydrogens is 268 g/mol. The molecule has 0 saturated carbocycles. The van der Waals surface area contributed by atoms with Crippen LogP contribution in [0.5, 0.6) is 0 Å². The Kier molecular flexibility index (Phi) is 3.76. The van der Waals surface area contributed by atoms with Crippen molar-refractivity contribution in [2.75, 3.05) is 31.1 Å². The van der Waals surface area contributed by atoms with Gasteiger partial charge in [-0.05, 0) is 12.5 Å². The van der Waals surface area contributed by atoms with Crippen LogP contribution >= 0.6 is 0 Å². The summed E-state index contributed by atoms with van der Waals surface area (Å²) in [5.41, 5.74) is 1.46. The summed E-state index contributed by atoms with van der Waals surface area (Å²) in [6.45, 7) is 4.38. The SMILES string of the molecule is CC(=O)N1CCOC2CCN(c3ccncc3C#N)CC21. The van der Waals surface area contributed by atoms with E-state index in [0.717, 1.165) is 18.7 Å². The number of hydrogen-bond acceptors (Lipinski definition) is 5. The Morgan fingerprint density at radius 3 is 3.14 bits per heavy atom. The van der Waals surface area contributed by atoms with Crippen LogP contribution in [0.25, 0.3) is 0 Å². The molecule has 1 aromatic rings. The lowest BCUT2D eigenvalue weighted by molar-refractivity contribution is -0.145. The van der Waals surface area contributed by atoms with Crippen LogP contribution in [0, 0.1) is 11.3 Å². The summed E-state index contributed by atoms with van der Waals surface area (Å²) in [6, 6.07) is 4.10. The smallest absolute Gasteiger partial charge is 0.219 e. The highest BCUT2D eigenvalue weighted by atomic mass is 16.5. The van der Waals surface area contributed by atoms with Crippen LogP contribution in [0.4, 0.5) is 5.69 Å². The van der Waals surface area contributed by atoms with Gasteiger partial charge in [-0.2, -0.15) is 5.26 Å². The largest absolute Gasteiger partial charge is 0.374 e. The van der Waals surface area contributed by atoms with Crippen LogP contribution in [-0.4, -0.2) is 54.2 Å². The number of pyridine rings is 1. The number of carbonyl (C=O) groups excluding carboxylic acids is 1. The molecule has 0 radical (unpaired) electrons. The summed E-state index contributed by atoms with van der Waals surface area (Å²) in [5.74, 6) is 0.0883. The summed E-state index contributed by atoms with van der Waals surface area (Å²) in [6.07, 6.45) is 4.25. The number of nitrogens with zero attached hydrogens (tertiary/aromatic N) is 4. The number of hydrogen-bond donors (Lipinski definition) is 0. The third-order valence-corrected chi connectivity index (χ3v) is 4.25. The van der Waals surface area contributed by atoms with Crippen molar-refractivity contribution in [2.45, 2.75) is 25.5 Å². The van der Waals surface area contributed by atoms with E-state index in [1.807, 2.05) is 11.0 Å². The number of piperidine rings is 1. The van der Waals surface area contributed by atoms with E-state index in [2.05, 4.69) is 16.0 Å². The molecule has 0 spiro atoms. The van der Waals surface area contributed by atoms with Crippen molar-refractivity contribution < 1.29 is 9.53 Å². The lowest BCUT2D eigenvalue weighted by atomic mass is 9.97. The van der Waals surface area contributed by atoms with Gasteiger partial charge in [0.15, 0.2) is 0 Å². The van der Waals surface area contributed by atoms with Crippen LogP contribution in [0.3, 0.4) is 0 Å². The van der Waals surface area contributed by atoms with Crippen molar-refractivity contribution in [2.24, 2.45) is 0 Å². The van der Waals surface area contributed by atoms with Crippen molar-refractivity contribution in [3.05, 3.63) is 24.0 Å². The molecule has 21 heavy (non-hydrogen) atoms. The van der Waals surface area contributed by atoms with Crippen molar-refractivity contribution in [3.8, 4) is 6.07 Å². The van der Waals surface area contributed by atoms with Crippen LogP contribution in [0.2, 0.25) is 0 Å². The fraction of sp³-hybridized carbons (Fsp3) is 0.533. The van der Waals surface area contributed by atoms with Gasteiger partial charge in [-0.1, -0.05) is 0 Å². The van der Waals surface area contributed by atoms with E-state index in [0.29, 0.717) is 25.3 Å². The lowest BCUT2D eigenvalue weighted by Gasteiger charge is -2.47. The predicted molar refractivity (Wildman–Crippen MR) is 76.7 cm³/mol. The predicted octanol–water partition coefficient (Wildman–Crippen LogP) is 0.779. The molecule has 6 nitrogen and oxygen atoms in total. The highest BCUT2D eigenvalue weighted by Gasteiger charge is 2.38. The second kappa shape index (κ2) is 5.70. The van der Waals surface area contributed by atoms with E-state index in [1.165, 1.54) is 0 Å². The van der Waals surface area contributed by atoms with Crippen molar-refractivity contribution in [1.82, 2.24) is 9.88 Å². The second-order valence-electron chi connectivity index (χ2n) is 5.43. The van der Waals surface area contributed by atoms with Gasteiger partial charge in [-0.3, -0.25) is 9.78 Å². The third-order valence-electron chi connectivity index (χ3n) is 4.25. The van der Waals surface area contributed by atoms with Crippen LogP contribution in [-0.2, 0) is 9.53 Å². The maximum Gasteiger partial charge on any atom is 0.219 e. The quantitative estimate of drug-likeness (QED) is 0.763. The van der Waals surface area contributed by atoms with Gasteiger partial charge in [0.2, 0.25) is 5.91 Å². The summed E-state index contributed by atoms with van der Waals surface area (Å²) in [7, 11) is 0. The van der Waals surface area contributed by atoms with E-state index >= 15 is 0 Å². The van der Waals surface area contributed by atoms with Crippen LogP contribution in [0.1, 0.15) is 18.9 Å². The first-order chi connectivity index (χ1) is 10.2. The molecule has 0 aromatic carbocycles. The maximum absolute atomic E-state index is 11.8. The monoisotopic (exact) mass is 286 g/mol. The molecule has 3 rings (SSSR count). The maximum atomic E-state index is 11.8. The minimum Gasteiger partial charge on any atom is -0.374 e. The van der Waals surface area contributed by atoms with Crippen LogP contribution < -0.4 is 4.90 Å². The van der Waals surface area contributed by atoms with Gasteiger partial charge in [0.25, 0.3) is 0 Å². The molecule has 110 valence electrons. The van der Waals surface area contributed by atoms with E-state index in [-0.39, 0.29) is 18.1 Å². The molecular formula is C15H18N4O2. The summed E-state index contributed by atoms with van der Waals surface area (Å²) < 4.78 is 5.81. The zero-order valence-corrected chi connectivity index (χ0v) is 12.0. The molecule has 2 unspecified atom stereocenters. The normalized spacial score (nSPS) is 25.1. The molecule has 0 aliphatic carbocycles. The Hall–Kier alpha value is -2.13. The Bertz CT molecular complexity index is 583. The number of carbonyl (C=O) groups is 1. The van der Waals surface area contributed by atoms with E-state index in [1.54, 1.807) is 19.3 Å². The van der Waals surface area contributed by atoms with Gasteiger partial charge in [-0.25, -0.2) is 0 Å². The molecule has 2 saturated heterocycles. The Morgan fingerprint density at radius 1 is 1.52 bits per heavy atom. The summed E-state index contributed by atoms with van der Waals surface area (Å²) >= 11 is 0. The number of fused-ring (bicyclic) bond motifs is 1. The standard InChI is InChI=1S/C15H18N4O2/c1-11(20)19-6-7-21-15-3-5-18(10-14(15)19)13-2-4-17-9-12(13)8-16/h2,4,9,14-15H,3,5-7,10H2,1H3. The highest BCUT2D eigenvalue weighted by molar-refractivity contribution is 5.74. The Morgan fingerprint density at radius 2 is 2.38 bits per heavy atom. The van der Waals surface area contributed by atoms with Gasteiger partial charge in [-0.15, -0.1) is 0 Å². The first-order valence-electron chi connectivity index (χ1n) is 7.18. The summed E-state index contributed by atoms with van der Waals surface area (Å²) in [5, 5.41) is 9.22. The first-order valence-corrected chi connectivity index (χ1v) is 7.18. The van der Waals surface area contributed by atoms with E-state index in [4.69, 9.17) is 4.74 Å². The van der Waals surface area contributed by atoms with Gasteiger partial charge >= 0.3 is 0 Å². The number of morpholine rings is 1. The molecule has 2 aliphatic rings. The van der Waals surface area contributed by atoms with Crippen molar-refractivity contribution in [1.29, 1.82) is 5.26 Å². The topological polar surface area (TPSA) is 69.5 Å². The molecule has 0 bridgehead atoms. The number of ether oxygens (including phenoxy) is 1. The van der Waals surface area contributed by atoms with Crippen molar-refractivity contribution >= 4 is 11.6 Å². The average molecular weight is 286 g/mol. The molecule has 2 atom stereocenters. The Balaban J connectivity index is 1.84. The molecule has 2 aliphatic heterocycles. The zero-order chi connectivity index (χ0) is 14.8. The zero-order valence-electron chi connectivity index (χ0n) is 12.0. The number of aromatic nitrogens is 1. The fourth-order valence-corrected chi connectivity index (χ4v) is 3.23. The minimum atomic E-state index is 0.0599. The average Bonchev–Trinajstić information content (AvgIpc) is 2.53. The molecule has 6 heteroatoms. The number of amides is 1. The second-order valence-corrected chi connectivity index (χ2v) is 5.43. The van der Waals surface area contributed by atoms with E-state index in [9.17, 15) is 10.1 Å². The molecule has 0 N–H and O–H groups in total. The minimum absolute atomic E-state index is 0.0599. The molecule has 3 heterocycles. The van der Waals surface area contributed by atoms with Gasteiger partial charge < -0.3 is 14.5 Å². The van der Waals surface area contributed by atoms with E-state index < -0.39 is 0 Å². The summed E-state index contributed by atoms with van der Waals surface area (Å²) in [4.78, 5) is 19.9. The van der Waals surface area contributed by atoms with Gasteiger partial charge in [0.05, 0.1) is 30.0 Å². The molecule has 1 amide bonds. The van der Waals surface area contributed by atoms with Crippen molar-refractivity contribution in [3.63, 3.8) is 0 Å². The van der Waals surface area contributed by atoms with Gasteiger partial charge in [0.1, 0.15) is 6.07 Å². The number of anilines is 1. The Labute approximate surface area is 123 Å². The van der Waals surface area contributed by atoms with Crippen LogP contribution in [0.15, 0.2) is 18.5 Å². The number of rotatable bonds is 1. The third kappa shape index (κ3) is 2.57. The fourth-order valence-electron chi connectivity index (χ4n) is 3.23. The molecule has 1 aromatic heterocycles.